The van der Waals surface area contributed by atoms with E-state index in [0.29, 0.717) is 24.8 Å². The van der Waals surface area contributed by atoms with Crippen LogP contribution in [0, 0.1) is 15.5 Å². The molecular formula is C21H25N2O7-. The van der Waals surface area contributed by atoms with Crippen LogP contribution in [0.2, 0.25) is 0 Å². The Morgan fingerprint density at radius 3 is 2.23 bits per heavy atom. The van der Waals surface area contributed by atoms with Crippen LogP contribution in [-0.2, 0) is 14.4 Å². The quantitative estimate of drug-likeness (QED) is 0.369. The van der Waals surface area contributed by atoms with E-state index >= 15 is 0 Å². The van der Waals surface area contributed by atoms with E-state index in [1.807, 2.05) is 0 Å². The molecule has 1 amide bonds. The predicted molar refractivity (Wildman–Crippen MR) is 105 cm³/mol. The number of nitrogens with zero attached hydrogens (tertiary/aromatic N) is 2. The van der Waals surface area contributed by atoms with Crippen LogP contribution in [0.15, 0.2) is 35.6 Å². The maximum absolute atomic E-state index is 13.0. The number of non-ortho nitro benzene ring substituents is 1. The van der Waals surface area contributed by atoms with Crippen molar-refractivity contribution in [2.45, 2.75) is 52.5 Å². The van der Waals surface area contributed by atoms with Gasteiger partial charge in [-0.1, -0.05) is 27.2 Å². The minimum Gasteiger partial charge on any atom is -0.550 e. The topological polar surface area (TPSA) is 141 Å². The zero-order valence-electron chi connectivity index (χ0n) is 17.2. The summed E-state index contributed by atoms with van der Waals surface area (Å²) >= 11 is 0. The number of nitro groups is 1. The number of Topliss-reactive ketones (excluding diaryl/α,β-unsaturated/α-hetero) is 1. The number of carboxylic acid groups (broad SMARTS) is 1. The van der Waals surface area contributed by atoms with Gasteiger partial charge in [-0.3, -0.25) is 19.7 Å². The molecule has 0 fully saturated rings. The fraction of sp³-hybridized carbons (Fsp3) is 0.476. The third-order valence-electron chi connectivity index (χ3n) is 4.93. The van der Waals surface area contributed by atoms with Crippen LogP contribution in [-0.4, -0.2) is 39.1 Å². The van der Waals surface area contributed by atoms with Crippen molar-refractivity contribution in [1.82, 2.24) is 4.90 Å². The molecule has 1 N–H and O–H groups in total. The number of amides is 1. The molecule has 0 aromatic heterocycles. The Morgan fingerprint density at radius 2 is 1.73 bits per heavy atom. The highest BCUT2D eigenvalue weighted by Crippen LogP contribution is 2.41. The van der Waals surface area contributed by atoms with Crippen molar-refractivity contribution in [2.75, 3.05) is 6.54 Å². The highest BCUT2D eigenvalue weighted by atomic mass is 16.6. The Bertz CT molecular complexity index is 882. The summed E-state index contributed by atoms with van der Waals surface area (Å²) in [5.41, 5.74) is -0.544. The zero-order chi connectivity index (χ0) is 22.6. The van der Waals surface area contributed by atoms with Gasteiger partial charge >= 0.3 is 0 Å². The first kappa shape index (κ1) is 23.1. The summed E-state index contributed by atoms with van der Waals surface area (Å²) in [7, 11) is 0. The van der Waals surface area contributed by atoms with Crippen LogP contribution in [0.3, 0.4) is 0 Å². The monoisotopic (exact) mass is 417 g/mol. The number of carboxylic acids is 1. The van der Waals surface area contributed by atoms with Crippen LogP contribution in [0.5, 0.6) is 0 Å². The third kappa shape index (κ3) is 5.03. The minimum atomic E-state index is -1.15. The van der Waals surface area contributed by atoms with Gasteiger partial charge in [-0.05, 0) is 37.0 Å². The van der Waals surface area contributed by atoms with E-state index in [1.54, 1.807) is 20.8 Å². The first-order chi connectivity index (χ1) is 13.9. The number of rotatable bonds is 9. The molecule has 9 nitrogen and oxygen atoms in total. The molecular weight excluding hydrogens is 392 g/mol. The maximum atomic E-state index is 13.0. The van der Waals surface area contributed by atoms with Crippen LogP contribution in [0.1, 0.15) is 58.1 Å². The summed E-state index contributed by atoms with van der Waals surface area (Å²) in [5.74, 6) is -2.84. The molecule has 9 heteroatoms. The van der Waals surface area contributed by atoms with Crippen LogP contribution in [0.25, 0.3) is 0 Å². The second kappa shape index (κ2) is 9.06. The lowest BCUT2D eigenvalue weighted by atomic mass is 9.82. The van der Waals surface area contributed by atoms with E-state index in [0.717, 1.165) is 0 Å². The first-order valence-corrected chi connectivity index (χ1v) is 9.68. The molecule has 1 heterocycles. The highest BCUT2D eigenvalue weighted by molar-refractivity contribution is 6.10. The predicted octanol–water partition coefficient (Wildman–Crippen LogP) is 2.22. The van der Waals surface area contributed by atoms with E-state index in [1.165, 1.54) is 29.2 Å². The lowest BCUT2D eigenvalue weighted by Gasteiger charge is -2.29. The summed E-state index contributed by atoms with van der Waals surface area (Å²) in [4.78, 5) is 48.0. The molecule has 1 aliphatic heterocycles. The number of carbonyl (C=O) groups is 3. The number of unbranched alkanes of at least 4 members (excludes halogenated alkanes) is 2. The molecule has 1 aromatic rings. The number of benzene rings is 1. The van der Waals surface area contributed by atoms with E-state index in [-0.39, 0.29) is 24.2 Å². The van der Waals surface area contributed by atoms with Gasteiger partial charge in [-0.25, -0.2) is 0 Å². The number of nitro benzene ring substituents is 1. The third-order valence-corrected chi connectivity index (χ3v) is 4.93. The molecule has 0 saturated heterocycles. The van der Waals surface area contributed by atoms with Gasteiger partial charge in [-0.15, -0.1) is 0 Å². The second-order valence-corrected chi connectivity index (χ2v) is 8.27. The Balaban J connectivity index is 2.36. The van der Waals surface area contributed by atoms with Crippen molar-refractivity contribution in [1.29, 1.82) is 0 Å². The molecule has 30 heavy (non-hydrogen) atoms. The summed E-state index contributed by atoms with van der Waals surface area (Å²) in [5, 5.41) is 32.0. The molecule has 0 saturated carbocycles. The number of hydrogen-bond donors (Lipinski definition) is 1. The molecule has 0 unspecified atom stereocenters. The molecule has 1 aliphatic rings. The second-order valence-electron chi connectivity index (χ2n) is 8.27. The number of aliphatic hydroxyl groups excluding tert-OH is 1. The van der Waals surface area contributed by atoms with Crippen molar-refractivity contribution in [3.8, 4) is 0 Å². The molecule has 0 aliphatic carbocycles. The van der Waals surface area contributed by atoms with Crippen molar-refractivity contribution in [3.05, 3.63) is 51.3 Å². The molecule has 1 atom stereocenters. The molecule has 0 spiro atoms. The number of carbonyl (C=O) groups excluding carboxylic acids is 3. The Hall–Kier alpha value is -3.23. The zero-order valence-corrected chi connectivity index (χ0v) is 17.2. The van der Waals surface area contributed by atoms with Crippen molar-refractivity contribution in [3.63, 3.8) is 0 Å². The maximum Gasteiger partial charge on any atom is 0.290 e. The fourth-order valence-electron chi connectivity index (χ4n) is 3.37. The minimum absolute atomic E-state index is 0.0314. The van der Waals surface area contributed by atoms with Gasteiger partial charge in [0.2, 0.25) is 0 Å². The lowest BCUT2D eigenvalue weighted by molar-refractivity contribution is -0.384. The lowest BCUT2D eigenvalue weighted by Crippen LogP contribution is -2.33. The average molecular weight is 417 g/mol. The van der Waals surface area contributed by atoms with Crippen molar-refractivity contribution < 1.29 is 29.5 Å². The van der Waals surface area contributed by atoms with Crippen molar-refractivity contribution >= 4 is 23.3 Å². The number of hydrogen-bond acceptors (Lipinski definition) is 7. The number of ketones is 1. The van der Waals surface area contributed by atoms with Gasteiger partial charge < -0.3 is 19.9 Å². The van der Waals surface area contributed by atoms with Gasteiger partial charge in [-0.2, -0.15) is 0 Å². The Morgan fingerprint density at radius 1 is 1.13 bits per heavy atom. The summed E-state index contributed by atoms with van der Waals surface area (Å²) < 4.78 is 0. The standard InChI is InChI=1S/C21H26N2O7/c1-21(2,3)19(27)16-17(13-8-10-14(11-9-13)23(29)30)22(20(28)18(16)26)12-6-4-5-7-15(24)25/h8-11,17,26H,4-7,12H2,1-3H3,(H,24,25)/p-1/t17-/m1/s1. The summed E-state index contributed by atoms with van der Waals surface area (Å²) in [6.45, 7) is 5.22. The number of aliphatic carboxylic acids is 1. The van der Waals surface area contributed by atoms with Gasteiger partial charge in [0.25, 0.3) is 11.6 Å². The van der Waals surface area contributed by atoms with Gasteiger partial charge in [0.05, 0.1) is 16.5 Å². The normalized spacial score (nSPS) is 16.8. The Kier molecular flexibility index (Phi) is 6.96. The van der Waals surface area contributed by atoms with E-state index in [2.05, 4.69) is 0 Å². The molecule has 0 radical (unpaired) electrons. The summed E-state index contributed by atoms with van der Waals surface area (Å²) in [6.07, 6.45) is 1.29. The number of aliphatic hydroxyl groups is 1. The van der Waals surface area contributed by atoms with Gasteiger partial charge in [0.1, 0.15) is 0 Å². The molecule has 2 rings (SSSR count). The highest BCUT2D eigenvalue weighted by Gasteiger charge is 2.45. The van der Waals surface area contributed by atoms with Gasteiger partial charge in [0, 0.05) is 30.1 Å². The largest absolute Gasteiger partial charge is 0.550 e. The molecule has 162 valence electrons. The fourth-order valence-corrected chi connectivity index (χ4v) is 3.37. The van der Waals surface area contributed by atoms with Crippen LogP contribution in [0.4, 0.5) is 5.69 Å². The van der Waals surface area contributed by atoms with E-state index in [4.69, 9.17) is 0 Å². The van der Waals surface area contributed by atoms with Crippen LogP contribution < -0.4 is 5.11 Å². The Labute approximate surface area is 174 Å². The van der Waals surface area contributed by atoms with E-state index < -0.39 is 39.8 Å². The van der Waals surface area contributed by atoms with Crippen LogP contribution >= 0.6 is 0 Å². The molecule has 0 bridgehead atoms. The SMILES string of the molecule is CC(C)(C)C(=O)C1=C(O)C(=O)N(CCCCCC(=O)[O-])[C@@H]1c1ccc([N+](=O)[O-])cc1. The van der Waals surface area contributed by atoms with Gasteiger partial charge in [0.15, 0.2) is 11.5 Å². The molecule has 1 aromatic carbocycles. The average Bonchev–Trinajstić information content (AvgIpc) is 2.91. The summed E-state index contributed by atoms with van der Waals surface area (Å²) in [6, 6.07) is 4.63. The van der Waals surface area contributed by atoms with E-state index in [9.17, 15) is 34.7 Å². The first-order valence-electron chi connectivity index (χ1n) is 9.68. The van der Waals surface area contributed by atoms with Crippen molar-refractivity contribution in [2.24, 2.45) is 5.41 Å². The smallest absolute Gasteiger partial charge is 0.290 e.